The minimum atomic E-state index is -0.915. The first kappa shape index (κ1) is 29.0. The summed E-state index contributed by atoms with van der Waals surface area (Å²) >= 11 is 0. The van der Waals surface area contributed by atoms with E-state index in [1.54, 1.807) is 4.90 Å². The van der Waals surface area contributed by atoms with Gasteiger partial charge in [-0.05, 0) is 58.6 Å². The summed E-state index contributed by atoms with van der Waals surface area (Å²) in [5, 5.41) is 2.13. The molecule has 1 saturated heterocycles. The molecule has 4 aromatic rings. The number of carbonyl (C=O) groups excluding carboxylic acids is 2. The van der Waals surface area contributed by atoms with Gasteiger partial charge in [0, 0.05) is 5.92 Å². The molecular formula is C38H41NO4. The van der Waals surface area contributed by atoms with E-state index in [0.717, 1.165) is 41.2 Å². The maximum Gasteiger partial charge on any atom is 0.411 e. The fraction of sp³-hybridized carbons (Fsp3) is 0.368. The van der Waals surface area contributed by atoms with Gasteiger partial charge in [0.2, 0.25) is 0 Å². The summed E-state index contributed by atoms with van der Waals surface area (Å²) < 4.78 is 12.6. The number of cyclic esters (lactones) is 1. The maximum atomic E-state index is 14.5. The quantitative estimate of drug-likeness (QED) is 0.207. The molecule has 0 bridgehead atoms. The van der Waals surface area contributed by atoms with Crippen LogP contribution in [0.25, 0.3) is 10.8 Å². The lowest BCUT2D eigenvalue weighted by molar-refractivity contribution is -0.163. The first-order valence-electron chi connectivity index (χ1n) is 15.5. The minimum absolute atomic E-state index is 0.146. The fourth-order valence-corrected chi connectivity index (χ4v) is 7.37. The Morgan fingerprint density at radius 2 is 1.53 bits per heavy atom. The van der Waals surface area contributed by atoms with Gasteiger partial charge in [-0.2, -0.15) is 0 Å². The third-order valence-corrected chi connectivity index (χ3v) is 9.85. The standard InChI is InChI=1S/C38H41NO4/c1-25-22-23-32(38(3,4)29-18-9-6-10-19-29)33(24-25)42-36(40)34-35(28-15-7-5-8-16-28)43-37(41)39(34)26(2)30-21-13-17-27-14-11-12-20-31(27)30/h5-21,25-26,32-35H,22-24H2,1-4H3. The maximum absolute atomic E-state index is 14.5. The van der Waals surface area contributed by atoms with Crippen LogP contribution in [0.4, 0.5) is 4.79 Å². The molecule has 222 valence electrons. The molecule has 0 aromatic heterocycles. The van der Waals surface area contributed by atoms with Crippen LogP contribution >= 0.6 is 0 Å². The van der Waals surface area contributed by atoms with Crippen molar-refractivity contribution in [3.8, 4) is 0 Å². The van der Waals surface area contributed by atoms with Gasteiger partial charge in [0.05, 0.1) is 6.04 Å². The van der Waals surface area contributed by atoms with Crippen molar-refractivity contribution < 1.29 is 19.1 Å². The molecule has 5 nitrogen and oxygen atoms in total. The largest absolute Gasteiger partial charge is 0.460 e. The molecule has 6 unspecified atom stereocenters. The molecule has 0 spiro atoms. The van der Waals surface area contributed by atoms with Crippen molar-refractivity contribution >= 4 is 22.8 Å². The van der Waals surface area contributed by atoms with Gasteiger partial charge in [-0.3, -0.25) is 4.90 Å². The van der Waals surface area contributed by atoms with Crippen molar-refractivity contribution in [3.05, 3.63) is 120 Å². The van der Waals surface area contributed by atoms with Crippen LogP contribution in [-0.2, 0) is 19.7 Å². The van der Waals surface area contributed by atoms with Crippen LogP contribution in [0.1, 0.15) is 75.8 Å². The van der Waals surface area contributed by atoms with Gasteiger partial charge >= 0.3 is 12.1 Å². The summed E-state index contributed by atoms with van der Waals surface area (Å²) in [5.41, 5.74) is 2.80. The molecule has 5 heteroatoms. The molecule has 6 atom stereocenters. The molecule has 0 N–H and O–H groups in total. The second kappa shape index (κ2) is 11.9. The Morgan fingerprint density at radius 1 is 0.884 bits per heavy atom. The molecule has 1 amide bonds. The zero-order chi connectivity index (χ0) is 30.1. The Bertz CT molecular complexity index is 1580. The highest BCUT2D eigenvalue weighted by Gasteiger charge is 2.52. The number of hydrogen-bond donors (Lipinski definition) is 0. The Labute approximate surface area is 254 Å². The molecule has 1 heterocycles. The lowest BCUT2D eigenvalue weighted by Crippen LogP contribution is -2.48. The molecule has 0 radical (unpaired) electrons. The highest BCUT2D eigenvalue weighted by Crippen LogP contribution is 2.45. The lowest BCUT2D eigenvalue weighted by atomic mass is 9.64. The van der Waals surface area contributed by atoms with E-state index in [9.17, 15) is 9.59 Å². The zero-order valence-electron chi connectivity index (χ0n) is 25.5. The summed E-state index contributed by atoms with van der Waals surface area (Å²) in [6.07, 6.45) is 1.32. The molecule has 2 aliphatic rings. The van der Waals surface area contributed by atoms with Crippen molar-refractivity contribution in [1.82, 2.24) is 4.90 Å². The van der Waals surface area contributed by atoms with Crippen molar-refractivity contribution in [2.45, 2.75) is 76.7 Å². The third kappa shape index (κ3) is 5.53. The minimum Gasteiger partial charge on any atom is -0.460 e. The summed E-state index contributed by atoms with van der Waals surface area (Å²) in [6, 6.07) is 32.9. The van der Waals surface area contributed by atoms with Gasteiger partial charge in [-0.15, -0.1) is 0 Å². The summed E-state index contributed by atoms with van der Waals surface area (Å²) in [7, 11) is 0. The number of esters is 1. The number of amides is 1. The average Bonchev–Trinajstić information content (AvgIpc) is 3.38. The topological polar surface area (TPSA) is 55.8 Å². The molecule has 4 aromatic carbocycles. The molecule has 1 aliphatic heterocycles. The lowest BCUT2D eigenvalue weighted by Gasteiger charge is -2.44. The molecule has 43 heavy (non-hydrogen) atoms. The number of nitrogens with zero attached hydrogens (tertiary/aromatic N) is 1. The van der Waals surface area contributed by atoms with Crippen LogP contribution in [0.5, 0.6) is 0 Å². The van der Waals surface area contributed by atoms with E-state index in [1.165, 1.54) is 5.56 Å². The average molecular weight is 576 g/mol. The monoisotopic (exact) mass is 575 g/mol. The van der Waals surface area contributed by atoms with E-state index in [-0.39, 0.29) is 17.4 Å². The second-order valence-electron chi connectivity index (χ2n) is 12.9. The van der Waals surface area contributed by atoms with Gasteiger partial charge in [0.15, 0.2) is 12.1 Å². The Hall–Kier alpha value is -4.12. The summed E-state index contributed by atoms with van der Waals surface area (Å²) in [6.45, 7) is 8.72. The smallest absolute Gasteiger partial charge is 0.411 e. The van der Waals surface area contributed by atoms with Crippen molar-refractivity contribution in [2.75, 3.05) is 0 Å². The summed E-state index contributed by atoms with van der Waals surface area (Å²) in [5.74, 6) is 0.185. The molecule has 6 rings (SSSR count). The fourth-order valence-electron chi connectivity index (χ4n) is 7.37. The van der Waals surface area contributed by atoms with Gasteiger partial charge in [-0.1, -0.05) is 130 Å². The van der Waals surface area contributed by atoms with Crippen molar-refractivity contribution in [3.63, 3.8) is 0 Å². The third-order valence-electron chi connectivity index (χ3n) is 9.85. The Balaban J connectivity index is 1.36. The van der Waals surface area contributed by atoms with Crippen molar-refractivity contribution in [1.29, 1.82) is 0 Å². The van der Waals surface area contributed by atoms with E-state index in [4.69, 9.17) is 9.47 Å². The normalized spacial score (nSPS) is 24.9. The van der Waals surface area contributed by atoms with Gasteiger partial charge in [-0.25, -0.2) is 9.59 Å². The van der Waals surface area contributed by atoms with E-state index in [1.807, 2.05) is 67.6 Å². The summed E-state index contributed by atoms with van der Waals surface area (Å²) in [4.78, 5) is 29.7. The molecule has 1 saturated carbocycles. The highest BCUT2D eigenvalue weighted by atomic mass is 16.6. The zero-order valence-corrected chi connectivity index (χ0v) is 25.5. The molecule has 2 fully saturated rings. The second-order valence-corrected chi connectivity index (χ2v) is 12.9. The van der Waals surface area contributed by atoms with E-state index >= 15 is 0 Å². The van der Waals surface area contributed by atoms with Crippen LogP contribution in [0.2, 0.25) is 0 Å². The highest BCUT2D eigenvalue weighted by molar-refractivity contribution is 5.89. The van der Waals surface area contributed by atoms with E-state index in [0.29, 0.717) is 5.92 Å². The number of hydrogen-bond acceptors (Lipinski definition) is 4. The first-order valence-corrected chi connectivity index (χ1v) is 15.5. The molecule has 1 aliphatic carbocycles. The number of rotatable bonds is 7. The van der Waals surface area contributed by atoms with Gasteiger partial charge < -0.3 is 9.47 Å². The van der Waals surface area contributed by atoms with E-state index < -0.39 is 30.3 Å². The van der Waals surface area contributed by atoms with Crippen LogP contribution < -0.4 is 0 Å². The van der Waals surface area contributed by atoms with Crippen LogP contribution in [0.15, 0.2) is 103 Å². The molecular weight excluding hydrogens is 534 g/mol. The number of fused-ring (bicyclic) bond motifs is 1. The Kier molecular flexibility index (Phi) is 8.00. The van der Waals surface area contributed by atoms with Crippen LogP contribution in [-0.4, -0.2) is 29.1 Å². The van der Waals surface area contributed by atoms with Gasteiger partial charge in [0.1, 0.15) is 6.10 Å². The van der Waals surface area contributed by atoms with Crippen LogP contribution in [0.3, 0.4) is 0 Å². The Morgan fingerprint density at radius 3 is 2.28 bits per heavy atom. The van der Waals surface area contributed by atoms with Gasteiger partial charge in [0.25, 0.3) is 0 Å². The number of carbonyl (C=O) groups is 2. The van der Waals surface area contributed by atoms with Crippen molar-refractivity contribution in [2.24, 2.45) is 11.8 Å². The number of benzene rings is 4. The predicted octanol–water partition coefficient (Wildman–Crippen LogP) is 8.79. The first-order chi connectivity index (χ1) is 20.8. The SMILES string of the molecule is CC1CCC(C(C)(C)c2ccccc2)C(OC(=O)C2C(c3ccccc3)OC(=O)N2C(C)c2cccc3ccccc23)C1. The van der Waals surface area contributed by atoms with E-state index in [2.05, 4.69) is 63.2 Å². The predicted molar refractivity (Wildman–Crippen MR) is 170 cm³/mol. The van der Waals surface area contributed by atoms with Crippen LogP contribution in [0, 0.1) is 11.8 Å². The number of ether oxygens (including phenoxy) is 2.